The number of ketones is 1. The van der Waals surface area contributed by atoms with Crippen LogP contribution in [0, 0.1) is 0 Å². The molecule has 7 heteroatoms. The van der Waals surface area contributed by atoms with Crippen LogP contribution in [0.5, 0.6) is 0 Å². The number of benzene rings is 2. The first-order valence-corrected chi connectivity index (χ1v) is 9.56. The predicted octanol–water partition coefficient (Wildman–Crippen LogP) is 1.10. The molecule has 1 aliphatic rings. The number of piperazine rings is 1. The van der Waals surface area contributed by atoms with Crippen LogP contribution in [0.25, 0.3) is 0 Å². The summed E-state index contributed by atoms with van der Waals surface area (Å²) in [5.41, 5.74) is 2.07. The number of rotatable bonds is 4. The van der Waals surface area contributed by atoms with Crippen molar-refractivity contribution in [2.45, 2.75) is 13.0 Å². The van der Waals surface area contributed by atoms with E-state index < -0.39 is 11.7 Å². The summed E-state index contributed by atoms with van der Waals surface area (Å²) >= 11 is 0. The second kappa shape index (κ2) is 8.51. The van der Waals surface area contributed by atoms with Crippen molar-refractivity contribution in [1.29, 1.82) is 0 Å². The first-order valence-electron chi connectivity index (χ1n) is 9.56. The molecular weight excluding hydrogens is 365 g/mol. The van der Waals surface area contributed by atoms with E-state index in [4.69, 9.17) is 7.85 Å². The highest BCUT2D eigenvalue weighted by molar-refractivity contribution is 6.44. The number of hydrogen-bond donors (Lipinski definition) is 0. The van der Waals surface area contributed by atoms with Gasteiger partial charge in [-0.25, -0.2) is 0 Å². The SMILES string of the molecule is [B]c1ccc(C(=O)C(=O)N2CCN(C(=O)c3ccccc3)C[C@H]2C)c(N(C)C)c1. The first kappa shape index (κ1) is 20.6. The van der Waals surface area contributed by atoms with Crippen molar-refractivity contribution in [3.05, 3.63) is 59.7 Å². The standard InChI is InChI=1S/C22H24BN3O3/c1-15-14-25(21(28)16-7-5-4-6-8-16)11-12-26(15)22(29)20(27)18-10-9-17(23)13-19(18)24(2)3/h4-10,13,15H,11-12,14H2,1-3H3/t15-/m1/s1. The van der Waals surface area contributed by atoms with Crippen LogP contribution in [-0.4, -0.2) is 75.0 Å². The van der Waals surface area contributed by atoms with Gasteiger partial charge in [0.05, 0.1) is 5.56 Å². The largest absolute Gasteiger partial charge is 0.377 e. The summed E-state index contributed by atoms with van der Waals surface area (Å²) in [5.74, 6) is -1.19. The molecule has 2 aromatic rings. The number of carbonyl (C=O) groups excluding carboxylic acids is 3. The Hall–Kier alpha value is -3.09. The van der Waals surface area contributed by atoms with Crippen LogP contribution in [0.4, 0.5) is 5.69 Å². The van der Waals surface area contributed by atoms with Crippen LogP contribution < -0.4 is 10.4 Å². The third kappa shape index (κ3) is 4.34. The van der Waals surface area contributed by atoms with Gasteiger partial charge in [-0.15, -0.1) is 0 Å². The van der Waals surface area contributed by atoms with E-state index in [0.717, 1.165) is 0 Å². The second-order valence-electron chi connectivity index (χ2n) is 7.46. The molecule has 0 aliphatic carbocycles. The van der Waals surface area contributed by atoms with Gasteiger partial charge in [-0.05, 0) is 31.2 Å². The number of nitrogens with zero attached hydrogens (tertiary/aromatic N) is 3. The van der Waals surface area contributed by atoms with Gasteiger partial charge in [0.15, 0.2) is 0 Å². The molecule has 3 rings (SSSR count). The lowest BCUT2D eigenvalue weighted by Gasteiger charge is -2.39. The van der Waals surface area contributed by atoms with Crippen LogP contribution in [-0.2, 0) is 4.79 Å². The molecule has 1 heterocycles. The number of carbonyl (C=O) groups is 3. The van der Waals surface area contributed by atoms with Crippen molar-refractivity contribution >= 4 is 36.6 Å². The molecule has 0 spiro atoms. The Kier molecular flexibility index (Phi) is 6.06. The first-order chi connectivity index (χ1) is 13.8. The molecule has 0 saturated carbocycles. The molecule has 6 nitrogen and oxygen atoms in total. The molecule has 0 bridgehead atoms. The average molecular weight is 389 g/mol. The fourth-order valence-corrected chi connectivity index (χ4v) is 3.56. The molecular formula is C22H24BN3O3. The Morgan fingerprint density at radius 2 is 1.72 bits per heavy atom. The molecule has 1 aliphatic heterocycles. The Balaban J connectivity index is 1.73. The van der Waals surface area contributed by atoms with Gasteiger partial charge in [0, 0.05) is 51.0 Å². The van der Waals surface area contributed by atoms with E-state index in [2.05, 4.69) is 0 Å². The van der Waals surface area contributed by atoms with Gasteiger partial charge in [0.1, 0.15) is 7.85 Å². The predicted molar refractivity (Wildman–Crippen MR) is 114 cm³/mol. The highest BCUT2D eigenvalue weighted by Crippen LogP contribution is 2.20. The fraction of sp³-hybridized carbons (Fsp3) is 0.318. The average Bonchev–Trinajstić information content (AvgIpc) is 2.72. The minimum absolute atomic E-state index is 0.0655. The van der Waals surface area contributed by atoms with Gasteiger partial charge in [-0.1, -0.05) is 29.7 Å². The van der Waals surface area contributed by atoms with Crippen molar-refractivity contribution in [3.8, 4) is 0 Å². The molecule has 148 valence electrons. The van der Waals surface area contributed by atoms with Gasteiger partial charge < -0.3 is 14.7 Å². The molecule has 0 aromatic heterocycles. The lowest BCUT2D eigenvalue weighted by atomic mass is 9.92. The fourth-order valence-electron chi connectivity index (χ4n) is 3.56. The summed E-state index contributed by atoms with van der Waals surface area (Å²) in [6.07, 6.45) is 0. The van der Waals surface area contributed by atoms with Gasteiger partial charge >= 0.3 is 0 Å². The summed E-state index contributed by atoms with van der Waals surface area (Å²) in [4.78, 5) is 43.6. The number of hydrogen-bond acceptors (Lipinski definition) is 4. The molecule has 2 radical (unpaired) electrons. The molecule has 29 heavy (non-hydrogen) atoms. The van der Waals surface area contributed by atoms with E-state index in [1.165, 1.54) is 0 Å². The van der Waals surface area contributed by atoms with Crippen molar-refractivity contribution in [2.24, 2.45) is 0 Å². The van der Waals surface area contributed by atoms with Crippen molar-refractivity contribution in [2.75, 3.05) is 38.6 Å². The topological polar surface area (TPSA) is 60.9 Å². The Bertz CT molecular complexity index is 930. The lowest BCUT2D eigenvalue weighted by Crippen LogP contribution is -2.56. The molecule has 0 N–H and O–H groups in total. The third-order valence-corrected chi connectivity index (χ3v) is 5.14. The molecule has 1 atom stereocenters. The van der Waals surface area contributed by atoms with E-state index >= 15 is 0 Å². The van der Waals surface area contributed by atoms with Gasteiger partial charge in [-0.3, -0.25) is 14.4 Å². The van der Waals surface area contributed by atoms with E-state index in [0.29, 0.717) is 41.9 Å². The quantitative estimate of drug-likeness (QED) is 0.447. The van der Waals surface area contributed by atoms with E-state index in [1.807, 2.05) is 25.1 Å². The second-order valence-corrected chi connectivity index (χ2v) is 7.46. The zero-order valence-electron chi connectivity index (χ0n) is 17.0. The monoisotopic (exact) mass is 389 g/mol. The van der Waals surface area contributed by atoms with Crippen LogP contribution in [0.1, 0.15) is 27.6 Å². The normalized spacial score (nSPS) is 16.4. The minimum Gasteiger partial charge on any atom is -0.377 e. The molecule has 2 aromatic carbocycles. The van der Waals surface area contributed by atoms with Crippen molar-refractivity contribution < 1.29 is 14.4 Å². The highest BCUT2D eigenvalue weighted by Gasteiger charge is 2.34. The van der Waals surface area contributed by atoms with E-state index in [1.54, 1.807) is 59.1 Å². The zero-order chi connectivity index (χ0) is 21.1. The van der Waals surface area contributed by atoms with Crippen LogP contribution >= 0.6 is 0 Å². The van der Waals surface area contributed by atoms with Gasteiger partial charge in [0.2, 0.25) is 0 Å². The zero-order valence-corrected chi connectivity index (χ0v) is 17.0. The van der Waals surface area contributed by atoms with E-state index in [-0.39, 0.29) is 11.9 Å². The third-order valence-electron chi connectivity index (χ3n) is 5.14. The van der Waals surface area contributed by atoms with E-state index in [9.17, 15) is 14.4 Å². The maximum atomic E-state index is 12.9. The summed E-state index contributed by atoms with van der Waals surface area (Å²) in [6.45, 7) is 2.94. The molecule has 1 fully saturated rings. The summed E-state index contributed by atoms with van der Waals surface area (Å²) in [6, 6.07) is 13.7. The number of amides is 2. The minimum atomic E-state index is -0.566. The van der Waals surface area contributed by atoms with Crippen molar-refractivity contribution in [1.82, 2.24) is 9.80 Å². The maximum Gasteiger partial charge on any atom is 0.295 e. The van der Waals surface area contributed by atoms with Crippen LogP contribution in [0.15, 0.2) is 48.5 Å². The van der Waals surface area contributed by atoms with Gasteiger partial charge in [-0.2, -0.15) is 0 Å². The smallest absolute Gasteiger partial charge is 0.295 e. The summed E-state index contributed by atoms with van der Waals surface area (Å²) in [5, 5.41) is 0. The lowest BCUT2D eigenvalue weighted by molar-refractivity contribution is -0.130. The molecule has 0 unspecified atom stereocenters. The maximum absolute atomic E-state index is 12.9. The number of Topliss-reactive ketones (excluding diaryl/α,β-unsaturated/α-hetero) is 1. The van der Waals surface area contributed by atoms with Crippen LogP contribution in [0.2, 0.25) is 0 Å². The van der Waals surface area contributed by atoms with Gasteiger partial charge in [0.25, 0.3) is 17.6 Å². The highest BCUT2D eigenvalue weighted by atomic mass is 16.2. The van der Waals surface area contributed by atoms with Crippen molar-refractivity contribution in [3.63, 3.8) is 0 Å². The summed E-state index contributed by atoms with van der Waals surface area (Å²) < 4.78 is 0. The summed E-state index contributed by atoms with van der Waals surface area (Å²) in [7, 11) is 9.42. The molecule has 2 amide bonds. The van der Waals surface area contributed by atoms with Crippen LogP contribution in [0.3, 0.4) is 0 Å². The Morgan fingerprint density at radius 3 is 2.34 bits per heavy atom. The molecule has 1 saturated heterocycles. The Morgan fingerprint density at radius 1 is 1.03 bits per heavy atom. The number of anilines is 1. The Labute approximate surface area is 172 Å².